The van der Waals surface area contributed by atoms with E-state index in [2.05, 4.69) is 10.2 Å². The zero-order chi connectivity index (χ0) is 17.1. The highest BCUT2D eigenvalue weighted by Gasteiger charge is 2.31. The third kappa shape index (κ3) is 3.90. The standard InChI is InChI=1S/C18H24ClN3O2/c1-13(20-17(23)14-5-7-15(19)8-6-14)18(24)22-11-9-21(10-12-22)16-3-2-4-16/h5-8,13,16H,2-4,9-12H2,1H3,(H,20,23). The van der Waals surface area contributed by atoms with Crippen LogP contribution in [-0.4, -0.2) is 59.9 Å². The summed E-state index contributed by atoms with van der Waals surface area (Å²) >= 11 is 5.83. The van der Waals surface area contributed by atoms with Gasteiger partial charge in [0.05, 0.1) is 0 Å². The van der Waals surface area contributed by atoms with E-state index in [4.69, 9.17) is 11.6 Å². The van der Waals surface area contributed by atoms with Crippen LogP contribution >= 0.6 is 11.6 Å². The summed E-state index contributed by atoms with van der Waals surface area (Å²) in [5.41, 5.74) is 0.508. The number of rotatable bonds is 4. The number of amides is 2. The molecule has 2 aliphatic rings. The van der Waals surface area contributed by atoms with Crippen molar-refractivity contribution in [3.63, 3.8) is 0 Å². The highest BCUT2D eigenvalue weighted by molar-refractivity contribution is 6.30. The number of hydrogen-bond acceptors (Lipinski definition) is 3. The lowest BCUT2D eigenvalue weighted by Crippen LogP contribution is -2.56. The highest BCUT2D eigenvalue weighted by Crippen LogP contribution is 2.25. The maximum Gasteiger partial charge on any atom is 0.251 e. The van der Waals surface area contributed by atoms with E-state index in [0.717, 1.165) is 32.2 Å². The fourth-order valence-corrected chi connectivity index (χ4v) is 3.40. The van der Waals surface area contributed by atoms with Crippen molar-refractivity contribution in [2.75, 3.05) is 26.2 Å². The largest absolute Gasteiger partial charge is 0.341 e. The quantitative estimate of drug-likeness (QED) is 0.906. The molecule has 0 spiro atoms. The molecular weight excluding hydrogens is 326 g/mol. The molecule has 0 radical (unpaired) electrons. The van der Waals surface area contributed by atoms with Gasteiger partial charge in [0, 0.05) is 42.8 Å². The van der Waals surface area contributed by atoms with E-state index < -0.39 is 6.04 Å². The van der Waals surface area contributed by atoms with Gasteiger partial charge in [-0.1, -0.05) is 18.0 Å². The van der Waals surface area contributed by atoms with Crippen LogP contribution in [0.4, 0.5) is 0 Å². The second-order valence-corrected chi connectivity index (χ2v) is 7.08. The minimum Gasteiger partial charge on any atom is -0.341 e. The van der Waals surface area contributed by atoms with Crippen LogP contribution in [-0.2, 0) is 4.79 Å². The Hall–Kier alpha value is -1.59. The molecule has 3 rings (SSSR count). The van der Waals surface area contributed by atoms with E-state index in [9.17, 15) is 9.59 Å². The third-order valence-corrected chi connectivity index (χ3v) is 5.29. The van der Waals surface area contributed by atoms with Gasteiger partial charge in [-0.3, -0.25) is 14.5 Å². The number of carbonyl (C=O) groups is 2. The number of hydrogen-bond donors (Lipinski definition) is 1. The fourth-order valence-electron chi connectivity index (χ4n) is 3.28. The fraction of sp³-hybridized carbons (Fsp3) is 0.556. The first-order valence-corrected chi connectivity index (χ1v) is 9.01. The Kier molecular flexibility index (Phi) is 5.41. The second-order valence-electron chi connectivity index (χ2n) is 6.65. The molecule has 5 nitrogen and oxygen atoms in total. The molecule has 1 saturated carbocycles. The Balaban J connectivity index is 1.49. The molecule has 1 saturated heterocycles. The molecule has 2 fully saturated rings. The van der Waals surface area contributed by atoms with Crippen LogP contribution in [0.3, 0.4) is 0 Å². The molecule has 1 aromatic carbocycles. The van der Waals surface area contributed by atoms with Gasteiger partial charge in [-0.05, 0) is 44.0 Å². The Morgan fingerprint density at radius 3 is 2.29 bits per heavy atom. The topological polar surface area (TPSA) is 52.7 Å². The van der Waals surface area contributed by atoms with Gasteiger partial charge in [-0.2, -0.15) is 0 Å². The molecule has 1 N–H and O–H groups in total. The molecule has 130 valence electrons. The molecule has 0 aromatic heterocycles. The van der Waals surface area contributed by atoms with Crippen molar-refractivity contribution < 1.29 is 9.59 Å². The average Bonchev–Trinajstić information content (AvgIpc) is 2.54. The summed E-state index contributed by atoms with van der Waals surface area (Å²) < 4.78 is 0. The van der Waals surface area contributed by atoms with Gasteiger partial charge in [-0.25, -0.2) is 0 Å². The van der Waals surface area contributed by atoms with Crippen molar-refractivity contribution >= 4 is 23.4 Å². The molecule has 1 aliphatic carbocycles. The maximum absolute atomic E-state index is 12.6. The van der Waals surface area contributed by atoms with Crippen molar-refractivity contribution in [1.82, 2.24) is 15.1 Å². The number of piperazine rings is 1. The number of nitrogens with zero attached hydrogens (tertiary/aromatic N) is 2. The molecule has 6 heteroatoms. The van der Waals surface area contributed by atoms with E-state index in [1.165, 1.54) is 19.3 Å². The first-order valence-electron chi connectivity index (χ1n) is 8.64. The molecule has 1 atom stereocenters. The summed E-state index contributed by atoms with van der Waals surface area (Å²) in [6.07, 6.45) is 3.92. The van der Waals surface area contributed by atoms with E-state index in [0.29, 0.717) is 10.6 Å². The first kappa shape index (κ1) is 17.2. The van der Waals surface area contributed by atoms with E-state index in [-0.39, 0.29) is 11.8 Å². The summed E-state index contributed by atoms with van der Waals surface area (Å²) in [6.45, 7) is 5.12. The summed E-state index contributed by atoms with van der Waals surface area (Å²) in [5.74, 6) is -0.258. The van der Waals surface area contributed by atoms with Gasteiger partial charge in [0.1, 0.15) is 6.04 Å². The van der Waals surface area contributed by atoms with Gasteiger partial charge < -0.3 is 10.2 Å². The van der Waals surface area contributed by atoms with Gasteiger partial charge in [0.15, 0.2) is 0 Å². The van der Waals surface area contributed by atoms with Crippen LogP contribution in [0.15, 0.2) is 24.3 Å². The molecule has 1 heterocycles. The van der Waals surface area contributed by atoms with E-state index in [1.54, 1.807) is 31.2 Å². The zero-order valence-electron chi connectivity index (χ0n) is 14.0. The third-order valence-electron chi connectivity index (χ3n) is 5.04. The van der Waals surface area contributed by atoms with Crippen LogP contribution < -0.4 is 5.32 Å². The van der Waals surface area contributed by atoms with Crippen molar-refractivity contribution in [3.8, 4) is 0 Å². The Morgan fingerprint density at radius 2 is 1.75 bits per heavy atom. The Labute approximate surface area is 147 Å². The Morgan fingerprint density at radius 1 is 1.12 bits per heavy atom. The smallest absolute Gasteiger partial charge is 0.251 e. The summed E-state index contributed by atoms with van der Waals surface area (Å²) in [4.78, 5) is 29.1. The minimum absolute atomic E-state index is 0.00873. The minimum atomic E-state index is -0.525. The SMILES string of the molecule is CC(NC(=O)c1ccc(Cl)cc1)C(=O)N1CCN(C2CCC2)CC1. The van der Waals surface area contributed by atoms with Crippen LogP contribution in [0.2, 0.25) is 5.02 Å². The molecule has 24 heavy (non-hydrogen) atoms. The molecule has 1 unspecified atom stereocenters. The number of halogens is 1. The summed E-state index contributed by atoms with van der Waals surface area (Å²) in [5, 5.41) is 3.37. The molecule has 2 amide bonds. The average molecular weight is 350 g/mol. The zero-order valence-corrected chi connectivity index (χ0v) is 14.8. The van der Waals surface area contributed by atoms with Crippen molar-refractivity contribution in [3.05, 3.63) is 34.9 Å². The molecule has 1 aromatic rings. The van der Waals surface area contributed by atoms with Crippen LogP contribution in [0.1, 0.15) is 36.5 Å². The number of nitrogens with one attached hydrogen (secondary N) is 1. The first-order chi connectivity index (χ1) is 11.5. The molecule has 0 bridgehead atoms. The lowest BCUT2D eigenvalue weighted by atomic mass is 9.91. The van der Waals surface area contributed by atoms with Gasteiger partial charge in [-0.15, -0.1) is 0 Å². The second kappa shape index (κ2) is 7.53. The van der Waals surface area contributed by atoms with Crippen LogP contribution in [0.5, 0.6) is 0 Å². The lowest BCUT2D eigenvalue weighted by Gasteiger charge is -2.43. The highest BCUT2D eigenvalue weighted by atomic mass is 35.5. The monoisotopic (exact) mass is 349 g/mol. The predicted molar refractivity (Wildman–Crippen MR) is 94.2 cm³/mol. The lowest BCUT2D eigenvalue weighted by molar-refractivity contribution is -0.135. The summed E-state index contributed by atoms with van der Waals surface area (Å²) in [7, 11) is 0. The molecule has 1 aliphatic heterocycles. The molecular formula is C18H24ClN3O2. The summed E-state index contributed by atoms with van der Waals surface area (Å²) in [6, 6.07) is 6.86. The maximum atomic E-state index is 12.6. The predicted octanol–water partition coefficient (Wildman–Crippen LogP) is 2.16. The van der Waals surface area contributed by atoms with Gasteiger partial charge in [0.25, 0.3) is 5.91 Å². The van der Waals surface area contributed by atoms with Crippen molar-refractivity contribution in [2.45, 2.75) is 38.3 Å². The van der Waals surface area contributed by atoms with E-state index >= 15 is 0 Å². The van der Waals surface area contributed by atoms with Crippen molar-refractivity contribution in [2.24, 2.45) is 0 Å². The van der Waals surface area contributed by atoms with Crippen molar-refractivity contribution in [1.29, 1.82) is 0 Å². The van der Waals surface area contributed by atoms with Gasteiger partial charge >= 0.3 is 0 Å². The van der Waals surface area contributed by atoms with Gasteiger partial charge in [0.2, 0.25) is 5.91 Å². The number of carbonyl (C=O) groups excluding carboxylic acids is 2. The van der Waals surface area contributed by atoms with Crippen LogP contribution in [0.25, 0.3) is 0 Å². The Bertz CT molecular complexity index is 593. The number of benzene rings is 1. The van der Waals surface area contributed by atoms with E-state index in [1.807, 2.05) is 4.90 Å². The normalized spacial score (nSPS) is 20.3. The van der Waals surface area contributed by atoms with Crippen LogP contribution in [0, 0.1) is 0 Å².